The summed E-state index contributed by atoms with van der Waals surface area (Å²) in [5.74, 6) is 0.833. The van der Waals surface area contributed by atoms with E-state index in [4.69, 9.17) is 18.0 Å². The molecule has 1 aliphatic rings. The molecule has 4 nitrogen and oxygen atoms in total. The smallest absolute Gasteiger partial charge is 0.161 e. The summed E-state index contributed by atoms with van der Waals surface area (Å²) in [6.45, 7) is 2.00. The molecule has 2 rings (SSSR count). The van der Waals surface area contributed by atoms with Crippen LogP contribution in [0.15, 0.2) is 12.3 Å². The molecule has 2 N–H and O–H groups in total. The van der Waals surface area contributed by atoms with Crippen molar-refractivity contribution in [3.05, 3.63) is 17.8 Å². The third-order valence-corrected chi connectivity index (χ3v) is 4.40. The Morgan fingerprint density at radius 3 is 2.82 bits per heavy atom. The van der Waals surface area contributed by atoms with Crippen LogP contribution in [0.3, 0.4) is 0 Å². The van der Waals surface area contributed by atoms with E-state index >= 15 is 0 Å². The van der Waals surface area contributed by atoms with Gasteiger partial charge < -0.3 is 10.6 Å². The fraction of sp³-hybridized carbons (Fsp3) is 0.545. The van der Waals surface area contributed by atoms with Gasteiger partial charge in [-0.05, 0) is 25.2 Å². The van der Waals surface area contributed by atoms with E-state index in [1.54, 1.807) is 6.20 Å². The first kappa shape index (κ1) is 12.6. The normalized spacial score (nSPS) is 17.1. The Morgan fingerprint density at radius 1 is 1.53 bits per heavy atom. The molecule has 0 saturated carbocycles. The monoisotopic (exact) mass is 268 g/mol. The highest BCUT2D eigenvalue weighted by atomic mass is 32.2. The van der Waals surface area contributed by atoms with Gasteiger partial charge in [0.15, 0.2) is 5.82 Å². The first-order valence-corrected chi connectivity index (χ1v) is 7.31. The molecule has 1 aromatic rings. The number of nitrogens with two attached hydrogens (primary N) is 1. The summed E-state index contributed by atoms with van der Waals surface area (Å²) in [7, 11) is 0. The van der Waals surface area contributed by atoms with Crippen molar-refractivity contribution in [1.82, 2.24) is 10.2 Å². The minimum absolute atomic E-state index is 0.391. The summed E-state index contributed by atoms with van der Waals surface area (Å²) < 4.78 is 0. The average Bonchev–Trinajstić information content (AvgIpc) is 2.39. The zero-order valence-corrected chi connectivity index (χ0v) is 11.4. The Hall–Kier alpha value is -0.880. The zero-order valence-electron chi connectivity index (χ0n) is 9.80. The third-order valence-electron chi connectivity index (χ3n) is 3.04. The van der Waals surface area contributed by atoms with Gasteiger partial charge in [-0.25, -0.2) is 0 Å². The van der Waals surface area contributed by atoms with Crippen molar-refractivity contribution in [1.29, 1.82) is 0 Å². The van der Waals surface area contributed by atoms with Gasteiger partial charge in [0, 0.05) is 18.3 Å². The molecule has 0 unspecified atom stereocenters. The van der Waals surface area contributed by atoms with Gasteiger partial charge in [-0.1, -0.05) is 12.2 Å². The molecule has 1 aliphatic heterocycles. The molecule has 0 spiro atoms. The topological polar surface area (TPSA) is 55.0 Å². The van der Waals surface area contributed by atoms with E-state index in [0.717, 1.165) is 29.7 Å². The molecule has 0 atom stereocenters. The Kier molecular flexibility index (Phi) is 4.17. The number of nitrogens with zero attached hydrogens (tertiary/aromatic N) is 3. The molecule has 1 aromatic heterocycles. The predicted octanol–water partition coefficient (Wildman–Crippen LogP) is 1.44. The van der Waals surface area contributed by atoms with Crippen LogP contribution in [-0.4, -0.2) is 39.8 Å². The Balaban J connectivity index is 2.15. The summed E-state index contributed by atoms with van der Waals surface area (Å²) in [6, 6.07) is 1.84. The number of hydrogen-bond acceptors (Lipinski definition) is 5. The quantitative estimate of drug-likeness (QED) is 0.837. The van der Waals surface area contributed by atoms with Crippen molar-refractivity contribution in [3.8, 4) is 0 Å². The summed E-state index contributed by atoms with van der Waals surface area (Å²) in [5, 5.41) is 8.87. The average molecular weight is 268 g/mol. The van der Waals surface area contributed by atoms with E-state index in [0.29, 0.717) is 4.99 Å². The molecule has 1 fully saturated rings. The maximum Gasteiger partial charge on any atom is 0.161 e. The first-order valence-electron chi connectivity index (χ1n) is 5.61. The number of thioether (sulfide) groups is 1. The number of anilines is 1. The van der Waals surface area contributed by atoms with Crippen LogP contribution in [0, 0.1) is 0 Å². The van der Waals surface area contributed by atoms with E-state index in [1.807, 2.05) is 17.8 Å². The summed E-state index contributed by atoms with van der Waals surface area (Å²) in [4.78, 5) is 2.62. The minimum Gasteiger partial charge on any atom is -0.389 e. The van der Waals surface area contributed by atoms with Crippen molar-refractivity contribution in [2.24, 2.45) is 5.73 Å². The van der Waals surface area contributed by atoms with Crippen molar-refractivity contribution >= 4 is 34.8 Å². The maximum atomic E-state index is 5.71. The molecule has 0 radical (unpaired) electrons. The summed E-state index contributed by atoms with van der Waals surface area (Å²) in [5.41, 5.74) is 6.54. The number of aromatic nitrogens is 2. The molecular weight excluding hydrogens is 252 g/mol. The second-order valence-electron chi connectivity index (χ2n) is 4.05. The van der Waals surface area contributed by atoms with Gasteiger partial charge in [-0.15, -0.1) is 5.10 Å². The van der Waals surface area contributed by atoms with Crippen LogP contribution >= 0.6 is 24.0 Å². The van der Waals surface area contributed by atoms with E-state index < -0.39 is 0 Å². The highest BCUT2D eigenvalue weighted by Gasteiger charge is 2.22. The highest BCUT2D eigenvalue weighted by molar-refractivity contribution is 7.99. The standard InChI is InChI=1S/C11H16N4S2/c1-17-8-3-6-15(7-4-8)11-9(10(12)16)2-5-13-14-11/h2,5,8H,3-4,6-7H2,1H3,(H2,12,16). The first-order chi connectivity index (χ1) is 8.22. The van der Waals surface area contributed by atoms with Gasteiger partial charge in [-0.3, -0.25) is 0 Å². The van der Waals surface area contributed by atoms with Gasteiger partial charge in [0.05, 0.1) is 11.8 Å². The lowest BCUT2D eigenvalue weighted by Crippen LogP contribution is -2.36. The van der Waals surface area contributed by atoms with Crippen molar-refractivity contribution in [2.75, 3.05) is 24.2 Å². The highest BCUT2D eigenvalue weighted by Crippen LogP contribution is 2.25. The van der Waals surface area contributed by atoms with Crippen molar-refractivity contribution in [2.45, 2.75) is 18.1 Å². The zero-order chi connectivity index (χ0) is 12.3. The molecule has 6 heteroatoms. The van der Waals surface area contributed by atoms with Gasteiger partial charge in [0.25, 0.3) is 0 Å². The third kappa shape index (κ3) is 2.87. The lowest BCUT2D eigenvalue weighted by molar-refractivity contribution is 0.584. The molecule has 2 heterocycles. The fourth-order valence-corrected chi connectivity index (χ4v) is 2.90. The van der Waals surface area contributed by atoms with E-state index in [1.165, 1.54) is 12.8 Å². The fourth-order valence-electron chi connectivity index (χ4n) is 2.05. The van der Waals surface area contributed by atoms with Gasteiger partial charge >= 0.3 is 0 Å². The lowest BCUT2D eigenvalue weighted by atomic mass is 10.1. The van der Waals surface area contributed by atoms with E-state index in [9.17, 15) is 0 Å². The van der Waals surface area contributed by atoms with E-state index in [2.05, 4.69) is 21.4 Å². The minimum atomic E-state index is 0.391. The number of hydrogen-bond donors (Lipinski definition) is 1. The van der Waals surface area contributed by atoms with Gasteiger partial charge in [-0.2, -0.15) is 16.9 Å². The molecule has 1 saturated heterocycles. The number of piperidine rings is 1. The van der Waals surface area contributed by atoms with Crippen LogP contribution in [0.1, 0.15) is 18.4 Å². The van der Waals surface area contributed by atoms with Crippen molar-refractivity contribution in [3.63, 3.8) is 0 Å². The van der Waals surface area contributed by atoms with Crippen LogP contribution in [0.4, 0.5) is 5.82 Å². The molecule has 0 bridgehead atoms. The van der Waals surface area contributed by atoms with Crippen LogP contribution in [0.5, 0.6) is 0 Å². The van der Waals surface area contributed by atoms with Crippen LogP contribution in [0.25, 0.3) is 0 Å². The largest absolute Gasteiger partial charge is 0.389 e. The maximum absolute atomic E-state index is 5.71. The number of rotatable bonds is 3. The van der Waals surface area contributed by atoms with Gasteiger partial charge in [0.1, 0.15) is 4.99 Å². The molecule has 0 aliphatic carbocycles. The van der Waals surface area contributed by atoms with Gasteiger partial charge in [0.2, 0.25) is 0 Å². The number of thiocarbonyl (C=S) groups is 1. The SMILES string of the molecule is CSC1CCN(c2nnccc2C(N)=S)CC1. The Bertz CT molecular complexity index is 402. The molecule has 0 amide bonds. The summed E-state index contributed by atoms with van der Waals surface area (Å²) in [6.07, 6.45) is 6.15. The molecular formula is C11H16N4S2. The molecule has 0 aromatic carbocycles. The Labute approximate surface area is 111 Å². The molecule has 17 heavy (non-hydrogen) atoms. The van der Waals surface area contributed by atoms with Crippen molar-refractivity contribution < 1.29 is 0 Å². The van der Waals surface area contributed by atoms with E-state index in [-0.39, 0.29) is 0 Å². The second-order valence-corrected chi connectivity index (χ2v) is 5.63. The lowest BCUT2D eigenvalue weighted by Gasteiger charge is -2.32. The van der Waals surface area contributed by atoms with Crippen LogP contribution in [0.2, 0.25) is 0 Å². The molecule has 92 valence electrons. The second kappa shape index (κ2) is 5.64. The van der Waals surface area contributed by atoms with Crippen LogP contribution < -0.4 is 10.6 Å². The van der Waals surface area contributed by atoms with Crippen LogP contribution in [-0.2, 0) is 0 Å². The summed E-state index contributed by atoms with van der Waals surface area (Å²) >= 11 is 6.98. The predicted molar refractivity (Wildman–Crippen MR) is 76.7 cm³/mol. The Morgan fingerprint density at radius 2 is 2.24 bits per heavy atom.